The van der Waals surface area contributed by atoms with Gasteiger partial charge in [0.2, 0.25) is 0 Å². The summed E-state index contributed by atoms with van der Waals surface area (Å²) in [6, 6.07) is 68.9. The van der Waals surface area contributed by atoms with Crippen LogP contribution in [0.25, 0.3) is 106 Å². The van der Waals surface area contributed by atoms with Crippen LogP contribution in [-0.2, 0) is 20.1 Å². The third-order valence-electron chi connectivity index (χ3n) is 11.4. The van der Waals surface area contributed by atoms with Crippen molar-refractivity contribution < 1.29 is 33.1 Å². The maximum atomic E-state index is 7.23. The fourth-order valence-electron chi connectivity index (χ4n) is 8.40. The van der Waals surface area contributed by atoms with Crippen LogP contribution in [0, 0.1) is 26.1 Å². The molecule has 0 spiro atoms. The monoisotopic (exact) mass is 1010 g/mol. The van der Waals surface area contributed by atoms with Crippen LogP contribution in [0.5, 0.6) is 0 Å². The summed E-state index contributed by atoms with van der Waals surface area (Å²) < 4.78 is 36.3. The molecule has 0 fully saturated rings. The van der Waals surface area contributed by atoms with Crippen molar-refractivity contribution in [3.63, 3.8) is 0 Å². The number of aryl methyl sites for hydroxylation is 2. The van der Waals surface area contributed by atoms with E-state index in [4.69, 9.17) is 17.9 Å². The van der Waals surface area contributed by atoms with E-state index in [1.165, 1.54) is 11.8 Å². The summed E-state index contributed by atoms with van der Waals surface area (Å²) in [5.74, 6) is 0.773. The Bertz CT molecular complexity index is 3640. The molecule has 0 N–H and O–H groups in total. The molecule has 5 nitrogen and oxygen atoms in total. The van der Waals surface area contributed by atoms with Gasteiger partial charge in [0.1, 0.15) is 11.2 Å². The first-order chi connectivity index (χ1) is 32.3. The van der Waals surface area contributed by atoms with Crippen LogP contribution < -0.4 is 0 Å². The second kappa shape index (κ2) is 17.3. The number of hydrogen-bond donors (Lipinski definition) is 0. The van der Waals surface area contributed by atoms with E-state index in [0.29, 0.717) is 0 Å². The van der Waals surface area contributed by atoms with E-state index in [2.05, 4.69) is 174 Å². The first-order valence-corrected chi connectivity index (χ1v) is 20.8. The summed E-state index contributed by atoms with van der Waals surface area (Å²) in [5, 5.41) is 3.17. The molecule has 1 radical (unpaired) electrons. The van der Waals surface area contributed by atoms with Crippen molar-refractivity contribution in [1.29, 1.82) is 0 Å². The van der Waals surface area contributed by atoms with Crippen LogP contribution in [0.1, 0.15) is 15.2 Å². The average Bonchev–Trinajstić information content (AvgIpc) is 4.07. The average molecular weight is 1010 g/mol. The Kier molecular flexibility index (Phi) is 9.97. The summed E-state index contributed by atoms with van der Waals surface area (Å²) in [7, 11) is 0. The molecular weight excluding hydrogens is 963 g/mol. The molecule has 0 saturated carbocycles. The molecule has 6 heteroatoms. The third kappa shape index (κ3) is 7.53. The smallest absolute Gasteiger partial charge is 0.135 e. The zero-order valence-electron chi connectivity index (χ0n) is 37.5. The van der Waals surface area contributed by atoms with E-state index >= 15 is 0 Å². The van der Waals surface area contributed by atoms with Gasteiger partial charge in [-0.05, 0) is 83.2 Å². The van der Waals surface area contributed by atoms with Crippen molar-refractivity contribution in [3.05, 3.63) is 224 Å². The zero-order chi connectivity index (χ0) is 44.8. The standard InChI is InChI=1S/C46H29N2O2.C12H10N.Ir/c1-29-19-22-36-37-26-33(21-24-43(37)50-44(36)25-29)32-20-23-42-38(27-32)39(28-49-42)46-47-40-17-8-9-18-41(40)48(46)45-34(30-11-4-2-5-12-30)15-10-16-35(45)31-13-6-3-7-14-31;1-10-7-8-12(13-9-10)11-5-3-2-4-6-11;/h2-27H,1H3;2-5,7-9H,1H3;/q2*-1;/i;1D3;. The van der Waals surface area contributed by atoms with Gasteiger partial charge in [0.25, 0.3) is 0 Å². The topological polar surface area (TPSA) is 57.0 Å². The predicted molar refractivity (Wildman–Crippen MR) is 257 cm³/mol. The maximum Gasteiger partial charge on any atom is 0.135 e. The molecule has 0 amide bonds. The van der Waals surface area contributed by atoms with Gasteiger partial charge in [-0.1, -0.05) is 150 Å². The minimum atomic E-state index is -2.09. The third-order valence-corrected chi connectivity index (χ3v) is 11.4. The summed E-state index contributed by atoms with van der Waals surface area (Å²) >= 11 is 0. The largest absolute Gasteiger partial charge is 0.557 e. The molecule has 0 atom stereocenters. The van der Waals surface area contributed by atoms with Gasteiger partial charge >= 0.3 is 0 Å². The first-order valence-electron chi connectivity index (χ1n) is 22.3. The molecule has 0 saturated heterocycles. The molecule has 4 heterocycles. The molecule has 12 rings (SSSR count). The van der Waals surface area contributed by atoms with E-state index in [1.807, 2.05) is 30.3 Å². The van der Waals surface area contributed by atoms with Crippen molar-refractivity contribution in [2.45, 2.75) is 13.8 Å². The molecule has 0 bridgehead atoms. The summed E-state index contributed by atoms with van der Waals surface area (Å²) in [6.45, 7) is -0.00422. The fourth-order valence-corrected chi connectivity index (χ4v) is 8.40. The van der Waals surface area contributed by atoms with Crippen LogP contribution >= 0.6 is 0 Å². The Hall–Kier alpha value is -7.63. The Labute approximate surface area is 388 Å². The van der Waals surface area contributed by atoms with Gasteiger partial charge in [-0.15, -0.1) is 35.9 Å². The second-order valence-corrected chi connectivity index (χ2v) is 15.5. The van der Waals surface area contributed by atoms with Gasteiger partial charge in [0.05, 0.1) is 22.5 Å². The van der Waals surface area contributed by atoms with Crippen LogP contribution in [-0.4, -0.2) is 14.5 Å². The van der Waals surface area contributed by atoms with Crippen molar-refractivity contribution >= 4 is 43.9 Å². The van der Waals surface area contributed by atoms with Crippen molar-refractivity contribution in [3.8, 4) is 61.7 Å². The Morgan fingerprint density at radius 2 is 1.25 bits per heavy atom. The number of hydrogen-bond acceptors (Lipinski definition) is 4. The number of rotatable bonds is 6. The second-order valence-electron chi connectivity index (χ2n) is 15.5. The number of para-hydroxylation sites is 3. The number of imidazole rings is 1. The minimum absolute atomic E-state index is 0. The molecular formula is C58H39IrN3O2-2. The van der Waals surface area contributed by atoms with E-state index in [0.717, 1.165) is 106 Å². The summed E-state index contributed by atoms with van der Waals surface area (Å²) in [6.07, 6.45) is 4.67. The van der Waals surface area contributed by atoms with Crippen LogP contribution in [0.3, 0.4) is 0 Å². The summed E-state index contributed by atoms with van der Waals surface area (Å²) in [5.41, 5.74) is 16.0. The molecule has 0 aliphatic carbocycles. The SMILES string of the molecule is Cc1ccc2c(c1)oc1ccc(-c3ccc4o[c-]c(-c5nc6ccccc6n5-c5c(-c6ccccc6)cccc5-c5ccccc5)c4c3)cc12.[2H]C([2H])([2H])c1ccc(-c2[c-]cccc2)nc1.[Ir]. The fraction of sp³-hybridized carbons (Fsp3) is 0.0345. The number of aromatic nitrogens is 3. The first kappa shape index (κ1) is 37.0. The van der Waals surface area contributed by atoms with E-state index in [1.54, 1.807) is 18.2 Å². The molecule has 309 valence electrons. The van der Waals surface area contributed by atoms with E-state index < -0.39 is 6.85 Å². The van der Waals surface area contributed by atoms with Crippen LogP contribution in [0.4, 0.5) is 0 Å². The Morgan fingerprint density at radius 1 is 0.562 bits per heavy atom. The molecule has 0 aliphatic heterocycles. The van der Waals surface area contributed by atoms with Crippen molar-refractivity contribution in [2.75, 3.05) is 0 Å². The van der Waals surface area contributed by atoms with Gasteiger partial charge in [0, 0.05) is 64.2 Å². The van der Waals surface area contributed by atoms with E-state index in [-0.39, 0.29) is 25.7 Å². The van der Waals surface area contributed by atoms with Crippen LogP contribution in [0.2, 0.25) is 0 Å². The van der Waals surface area contributed by atoms with E-state index in [9.17, 15) is 0 Å². The molecule has 8 aromatic carbocycles. The molecule has 4 aromatic heterocycles. The number of nitrogens with zero attached hydrogens (tertiary/aromatic N) is 3. The van der Waals surface area contributed by atoms with Gasteiger partial charge in [-0.2, -0.15) is 0 Å². The zero-order valence-corrected chi connectivity index (χ0v) is 36.9. The molecule has 64 heavy (non-hydrogen) atoms. The van der Waals surface area contributed by atoms with Gasteiger partial charge in [-0.3, -0.25) is 4.98 Å². The summed E-state index contributed by atoms with van der Waals surface area (Å²) in [4.78, 5) is 9.41. The molecule has 0 aliphatic rings. The molecule has 0 unspecified atom stereocenters. The maximum absolute atomic E-state index is 7.23. The normalized spacial score (nSPS) is 12.0. The predicted octanol–water partition coefficient (Wildman–Crippen LogP) is 15.3. The Balaban J connectivity index is 0.000000263. The quantitative estimate of drug-likeness (QED) is 0.156. The molecule has 12 aromatic rings. The number of furan rings is 2. The number of pyridine rings is 1. The van der Waals surface area contributed by atoms with Crippen molar-refractivity contribution in [1.82, 2.24) is 14.5 Å². The number of benzene rings is 8. The number of fused-ring (bicyclic) bond motifs is 5. The van der Waals surface area contributed by atoms with Gasteiger partial charge < -0.3 is 18.4 Å². The van der Waals surface area contributed by atoms with Crippen molar-refractivity contribution in [2.24, 2.45) is 0 Å². The van der Waals surface area contributed by atoms with Gasteiger partial charge in [-0.25, -0.2) is 0 Å². The minimum Gasteiger partial charge on any atom is -0.557 e. The van der Waals surface area contributed by atoms with Gasteiger partial charge in [0.15, 0.2) is 0 Å². The Morgan fingerprint density at radius 3 is 1.95 bits per heavy atom. The van der Waals surface area contributed by atoms with Crippen LogP contribution in [0.15, 0.2) is 209 Å².